The molecular weight excluding hydrogens is 280 g/mol. The standard InChI is InChI=1S/C12H20N4O3S/c1-2-6-15-12(17)5-8-16-20(18,19)11-4-3-7-14-10(11)9-13/h3-4,7,16H,2,5-6,8-9,13H2,1H3,(H,15,17). The van der Waals surface area contributed by atoms with Gasteiger partial charge >= 0.3 is 0 Å². The van der Waals surface area contributed by atoms with Gasteiger partial charge in [0.25, 0.3) is 0 Å². The molecule has 0 atom stereocenters. The molecular formula is C12H20N4O3S. The van der Waals surface area contributed by atoms with Crippen LogP contribution in [0.3, 0.4) is 0 Å². The molecule has 0 fully saturated rings. The number of nitrogens with two attached hydrogens (primary N) is 1. The number of carbonyl (C=O) groups is 1. The quantitative estimate of drug-likeness (QED) is 0.612. The number of amides is 1. The Hall–Kier alpha value is -1.51. The first kappa shape index (κ1) is 16.5. The normalized spacial score (nSPS) is 11.3. The molecule has 1 heterocycles. The summed E-state index contributed by atoms with van der Waals surface area (Å²) in [6.07, 6.45) is 2.42. The predicted molar refractivity (Wildman–Crippen MR) is 75.2 cm³/mol. The second kappa shape index (κ2) is 7.93. The summed E-state index contributed by atoms with van der Waals surface area (Å²) in [4.78, 5) is 15.3. The van der Waals surface area contributed by atoms with Crippen molar-refractivity contribution in [3.8, 4) is 0 Å². The third kappa shape index (κ3) is 4.87. The second-order valence-corrected chi connectivity index (χ2v) is 5.89. The minimum Gasteiger partial charge on any atom is -0.356 e. The van der Waals surface area contributed by atoms with Crippen LogP contribution in [0.5, 0.6) is 0 Å². The highest BCUT2D eigenvalue weighted by Crippen LogP contribution is 2.11. The SMILES string of the molecule is CCCNC(=O)CCNS(=O)(=O)c1cccnc1CN. The van der Waals surface area contributed by atoms with Crippen LogP contribution in [0, 0.1) is 0 Å². The Balaban J connectivity index is 2.60. The summed E-state index contributed by atoms with van der Waals surface area (Å²) >= 11 is 0. The molecule has 0 aromatic carbocycles. The Kier molecular flexibility index (Phi) is 6.56. The van der Waals surface area contributed by atoms with Crippen LogP contribution in [0.2, 0.25) is 0 Å². The minimum atomic E-state index is -3.69. The van der Waals surface area contributed by atoms with Crippen molar-refractivity contribution in [3.05, 3.63) is 24.0 Å². The monoisotopic (exact) mass is 300 g/mol. The van der Waals surface area contributed by atoms with E-state index in [1.165, 1.54) is 18.3 Å². The molecule has 1 rings (SSSR count). The number of nitrogens with zero attached hydrogens (tertiary/aromatic N) is 1. The van der Waals surface area contributed by atoms with Gasteiger partial charge in [-0.05, 0) is 18.6 Å². The van der Waals surface area contributed by atoms with Gasteiger partial charge in [0.2, 0.25) is 15.9 Å². The lowest BCUT2D eigenvalue weighted by Gasteiger charge is -2.09. The number of sulfonamides is 1. The van der Waals surface area contributed by atoms with Crippen molar-refractivity contribution >= 4 is 15.9 Å². The zero-order valence-electron chi connectivity index (χ0n) is 11.4. The van der Waals surface area contributed by atoms with Crippen LogP contribution in [-0.2, 0) is 21.4 Å². The van der Waals surface area contributed by atoms with E-state index in [0.717, 1.165) is 6.42 Å². The van der Waals surface area contributed by atoms with Gasteiger partial charge in [-0.1, -0.05) is 6.92 Å². The number of hydrogen-bond donors (Lipinski definition) is 3. The summed E-state index contributed by atoms with van der Waals surface area (Å²) < 4.78 is 26.5. The molecule has 1 amide bonds. The van der Waals surface area contributed by atoms with Gasteiger partial charge in [0, 0.05) is 32.3 Å². The van der Waals surface area contributed by atoms with Crippen molar-refractivity contribution < 1.29 is 13.2 Å². The van der Waals surface area contributed by atoms with Crippen LogP contribution in [0.1, 0.15) is 25.5 Å². The fourth-order valence-corrected chi connectivity index (χ4v) is 2.78. The van der Waals surface area contributed by atoms with Crippen molar-refractivity contribution in [2.24, 2.45) is 5.73 Å². The summed E-state index contributed by atoms with van der Waals surface area (Å²) in [5, 5.41) is 2.67. The molecule has 0 saturated heterocycles. The Labute approximate surface area is 119 Å². The predicted octanol–water partition coefficient (Wildman–Crippen LogP) is -0.265. The first-order valence-electron chi connectivity index (χ1n) is 6.41. The van der Waals surface area contributed by atoms with E-state index in [-0.39, 0.29) is 30.3 Å². The highest BCUT2D eigenvalue weighted by atomic mass is 32.2. The first-order valence-corrected chi connectivity index (χ1v) is 7.90. The zero-order chi connectivity index (χ0) is 15.0. The number of carbonyl (C=O) groups excluding carboxylic acids is 1. The number of pyridine rings is 1. The van der Waals surface area contributed by atoms with Gasteiger partial charge in [-0.2, -0.15) is 0 Å². The van der Waals surface area contributed by atoms with Gasteiger partial charge in [-0.25, -0.2) is 13.1 Å². The van der Waals surface area contributed by atoms with Crippen LogP contribution in [0.15, 0.2) is 23.2 Å². The summed E-state index contributed by atoms with van der Waals surface area (Å²) in [7, 11) is -3.69. The molecule has 0 saturated carbocycles. The lowest BCUT2D eigenvalue weighted by Crippen LogP contribution is -2.31. The molecule has 0 aliphatic rings. The van der Waals surface area contributed by atoms with Crippen molar-refractivity contribution in [2.45, 2.75) is 31.2 Å². The van der Waals surface area contributed by atoms with Gasteiger partial charge in [0.1, 0.15) is 4.90 Å². The minimum absolute atomic E-state index is 0.0358. The summed E-state index contributed by atoms with van der Waals surface area (Å²) in [6, 6.07) is 2.97. The Morgan fingerprint density at radius 2 is 2.15 bits per heavy atom. The molecule has 0 unspecified atom stereocenters. The van der Waals surface area contributed by atoms with E-state index in [2.05, 4.69) is 15.0 Å². The highest BCUT2D eigenvalue weighted by molar-refractivity contribution is 7.89. The van der Waals surface area contributed by atoms with Crippen LogP contribution in [0.25, 0.3) is 0 Å². The van der Waals surface area contributed by atoms with Crippen LogP contribution in [-0.4, -0.2) is 32.4 Å². The van der Waals surface area contributed by atoms with Gasteiger partial charge in [0.15, 0.2) is 0 Å². The topological polar surface area (TPSA) is 114 Å². The molecule has 0 radical (unpaired) electrons. The third-order valence-electron chi connectivity index (χ3n) is 2.55. The summed E-state index contributed by atoms with van der Waals surface area (Å²) in [5.74, 6) is -0.181. The maximum Gasteiger partial charge on any atom is 0.242 e. The van der Waals surface area contributed by atoms with Gasteiger partial charge in [-0.3, -0.25) is 9.78 Å². The van der Waals surface area contributed by atoms with Gasteiger partial charge in [0.05, 0.1) is 5.69 Å². The number of rotatable bonds is 8. The van der Waals surface area contributed by atoms with Crippen LogP contribution >= 0.6 is 0 Å². The van der Waals surface area contributed by atoms with Gasteiger partial charge in [-0.15, -0.1) is 0 Å². The molecule has 20 heavy (non-hydrogen) atoms. The van der Waals surface area contributed by atoms with Crippen molar-refractivity contribution in [1.29, 1.82) is 0 Å². The molecule has 1 aromatic heterocycles. The number of nitrogens with one attached hydrogen (secondary N) is 2. The fraction of sp³-hybridized carbons (Fsp3) is 0.500. The average molecular weight is 300 g/mol. The lowest BCUT2D eigenvalue weighted by atomic mass is 10.3. The van der Waals surface area contributed by atoms with E-state index in [9.17, 15) is 13.2 Å². The molecule has 112 valence electrons. The maximum atomic E-state index is 12.1. The Morgan fingerprint density at radius 3 is 2.80 bits per heavy atom. The number of hydrogen-bond acceptors (Lipinski definition) is 5. The molecule has 7 nitrogen and oxygen atoms in total. The van der Waals surface area contributed by atoms with Crippen molar-refractivity contribution in [2.75, 3.05) is 13.1 Å². The van der Waals surface area contributed by atoms with Crippen LogP contribution < -0.4 is 15.8 Å². The van der Waals surface area contributed by atoms with E-state index in [0.29, 0.717) is 12.2 Å². The van der Waals surface area contributed by atoms with Crippen molar-refractivity contribution in [3.63, 3.8) is 0 Å². The molecule has 4 N–H and O–H groups in total. The fourth-order valence-electron chi connectivity index (χ4n) is 1.55. The second-order valence-electron chi connectivity index (χ2n) is 4.15. The van der Waals surface area contributed by atoms with Crippen molar-refractivity contribution in [1.82, 2.24) is 15.0 Å². The third-order valence-corrected chi connectivity index (χ3v) is 4.08. The molecule has 8 heteroatoms. The van der Waals surface area contributed by atoms with E-state index < -0.39 is 10.0 Å². The van der Waals surface area contributed by atoms with Gasteiger partial charge < -0.3 is 11.1 Å². The van der Waals surface area contributed by atoms with E-state index in [4.69, 9.17) is 5.73 Å². The summed E-state index contributed by atoms with van der Waals surface area (Å²) in [5.41, 5.74) is 5.76. The van der Waals surface area contributed by atoms with Crippen LogP contribution in [0.4, 0.5) is 0 Å². The summed E-state index contributed by atoms with van der Waals surface area (Å²) in [6.45, 7) is 2.61. The molecule has 0 bridgehead atoms. The molecule has 0 aliphatic heterocycles. The largest absolute Gasteiger partial charge is 0.356 e. The lowest BCUT2D eigenvalue weighted by molar-refractivity contribution is -0.120. The molecule has 0 aliphatic carbocycles. The van der Waals surface area contributed by atoms with E-state index >= 15 is 0 Å². The smallest absolute Gasteiger partial charge is 0.242 e. The van der Waals surface area contributed by atoms with E-state index in [1.807, 2.05) is 6.92 Å². The first-order chi connectivity index (χ1) is 9.51. The number of aromatic nitrogens is 1. The highest BCUT2D eigenvalue weighted by Gasteiger charge is 2.18. The molecule has 1 aromatic rings. The zero-order valence-corrected chi connectivity index (χ0v) is 12.2. The average Bonchev–Trinajstić information content (AvgIpc) is 2.44. The molecule has 0 spiro atoms. The Bertz CT molecular complexity index is 545. The Morgan fingerprint density at radius 1 is 1.40 bits per heavy atom. The van der Waals surface area contributed by atoms with E-state index in [1.54, 1.807) is 0 Å². The maximum absolute atomic E-state index is 12.1.